The van der Waals surface area contributed by atoms with Crippen LogP contribution in [0.25, 0.3) is 0 Å². The maximum absolute atomic E-state index is 11.8. The average Bonchev–Trinajstić information content (AvgIpc) is 2.76. The SMILES string of the molecule is CCCCCCCCCCCCC(C(=O)O)C(CCCCCCCCCCCC)C(=O)O.[NaH]. The van der Waals surface area contributed by atoms with Crippen molar-refractivity contribution in [3.8, 4) is 0 Å². The number of carbonyl (C=O) groups is 2. The quantitative estimate of drug-likeness (QED) is 0.102. The van der Waals surface area contributed by atoms with Gasteiger partial charge in [0.05, 0.1) is 11.8 Å². The molecule has 0 radical (unpaired) electrons. The van der Waals surface area contributed by atoms with E-state index >= 15 is 0 Å². The fraction of sp³-hybridized carbons (Fsp3) is 0.929. The number of hydrogen-bond donors (Lipinski definition) is 2. The van der Waals surface area contributed by atoms with Gasteiger partial charge >= 0.3 is 41.5 Å². The van der Waals surface area contributed by atoms with E-state index < -0.39 is 23.8 Å². The van der Waals surface area contributed by atoms with Gasteiger partial charge in [0.1, 0.15) is 0 Å². The van der Waals surface area contributed by atoms with Crippen molar-refractivity contribution in [1.82, 2.24) is 0 Å². The van der Waals surface area contributed by atoms with Crippen molar-refractivity contribution in [2.45, 2.75) is 155 Å². The van der Waals surface area contributed by atoms with E-state index in [1.165, 1.54) is 89.9 Å². The third-order valence-electron chi connectivity index (χ3n) is 6.86. The van der Waals surface area contributed by atoms with Gasteiger partial charge in [-0.1, -0.05) is 142 Å². The minimum absolute atomic E-state index is 0. The molecule has 0 aliphatic heterocycles. The molecule has 0 spiro atoms. The van der Waals surface area contributed by atoms with Gasteiger partial charge in [0.15, 0.2) is 0 Å². The van der Waals surface area contributed by atoms with E-state index in [1.54, 1.807) is 0 Å². The van der Waals surface area contributed by atoms with Crippen LogP contribution in [0.3, 0.4) is 0 Å². The van der Waals surface area contributed by atoms with Crippen LogP contribution in [0.4, 0.5) is 0 Å². The summed E-state index contributed by atoms with van der Waals surface area (Å²) in [6.45, 7) is 4.47. The molecule has 5 heteroatoms. The molecule has 0 saturated carbocycles. The monoisotopic (exact) mass is 478 g/mol. The number of rotatable bonds is 25. The molecule has 0 amide bonds. The predicted octanol–water partition coefficient (Wildman–Crippen LogP) is 8.36. The van der Waals surface area contributed by atoms with Gasteiger partial charge in [0, 0.05) is 0 Å². The normalized spacial score (nSPS) is 12.8. The molecule has 0 aromatic rings. The van der Waals surface area contributed by atoms with E-state index in [2.05, 4.69) is 13.8 Å². The van der Waals surface area contributed by atoms with Crippen LogP contribution in [0.5, 0.6) is 0 Å². The third kappa shape index (κ3) is 22.2. The van der Waals surface area contributed by atoms with Gasteiger partial charge in [0.2, 0.25) is 0 Å². The Morgan fingerprint density at radius 2 is 0.667 bits per heavy atom. The number of carboxylic acid groups (broad SMARTS) is 2. The van der Waals surface area contributed by atoms with Gasteiger partial charge in [-0.2, -0.15) is 0 Å². The van der Waals surface area contributed by atoms with Crippen molar-refractivity contribution in [3.05, 3.63) is 0 Å². The minimum atomic E-state index is -0.930. The average molecular weight is 479 g/mol. The van der Waals surface area contributed by atoms with E-state index in [0.29, 0.717) is 12.8 Å². The van der Waals surface area contributed by atoms with Gasteiger partial charge < -0.3 is 10.2 Å². The molecule has 0 aliphatic rings. The molecule has 0 aromatic heterocycles. The zero-order valence-electron chi connectivity index (χ0n) is 21.4. The summed E-state index contributed by atoms with van der Waals surface area (Å²) in [5.74, 6) is -3.33. The van der Waals surface area contributed by atoms with Gasteiger partial charge in [-0.15, -0.1) is 0 Å². The molecule has 0 bridgehead atoms. The predicted molar refractivity (Wildman–Crippen MR) is 142 cm³/mol. The Morgan fingerprint density at radius 3 is 0.879 bits per heavy atom. The summed E-state index contributed by atoms with van der Waals surface area (Å²) >= 11 is 0. The fourth-order valence-electron chi connectivity index (χ4n) is 4.70. The van der Waals surface area contributed by atoms with Crippen LogP contribution in [0.2, 0.25) is 0 Å². The maximum atomic E-state index is 11.8. The summed E-state index contributed by atoms with van der Waals surface area (Å²) in [5.41, 5.74) is 0. The Labute approximate surface area is 227 Å². The molecular formula is C28H55NaO4. The van der Waals surface area contributed by atoms with E-state index in [1.807, 2.05) is 0 Å². The number of unbranched alkanes of at least 4 members (excludes halogenated alkanes) is 18. The molecule has 0 saturated heterocycles. The summed E-state index contributed by atoms with van der Waals surface area (Å²) in [7, 11) is 0. The van der Waals surface area contributed by atoms with Crippen molar-refractivity contribution >= 4 is 41.5 Å². The van der Waals surface area contributed by atoms with E-state index in [9.17, 15) is 19.8 Å². The summed E-state index contributed by atoms with van der Waals surface area (Å²) < 4.78 is 0. The zero-order valence-corrected chi connectivity index (χ0v) is 21.4. The first-order valence-electron chi connectivity index (χ1n) is 14.0. The van der Waals surface area contributed by atoms with Crippen LogP contribution in [-0.2, 0) is 9.59 Å². The van der Waals surface area contributed by atoms with Crippen molar-refractivity contribution in [3.63, 3.8) is 0 Å². The Hall–Kier alpha value is -0.0600. The second kappa shape index (κ2) is 26.5. The summed E-state index contributed by atoms with van der Waals surface area (Å²) in [6.07, 6.45) is 25.1. The molecule has 192 valence electrons. The molecule has 33 heavy (non-hydrogen) atoms. The third-order valence-corrected chi connectivity index (χ3v) is 6.86. The fourth-order valence-corrected chi connectivity index (χ4v) is 4.70. The number of aliphatic carboxylic acids is 2. The number of hydrogen-bond acceptors (Lipinski definition) is 2. The van der Waals surface area contributed by atoms with E-state index in [0.717, 1.165) is 38.5 Å². The molecule has 0 rings (SSSR count). The van der Waals surface area contributed by atoms with Crippen LogP contribution < -0.4 is 0 Å². The molecule has 2 atom stereocenters. The van der Waals surface area contributed by atoms with E-state index in [-0.39, 0.29) is 29.6 Å². The zero-order chi connectivity index (χ0) is 23.9. The summed E-state index contributed by atoms with van der Waals surface area (Å²) in [6, 6.07) is 0. The molecule has 4 nitrogen and oxygen atoms in total. The topological polar surface area (TPSA) is 74.6 Å². The Bertz CT molecular complexity index is 402. The van der Waals surface area contributed by atoms with Gasteiger partial charge in [-0.25, -0.2) is 0 Å². The molecular weight excluding hydrogens is 423 g/mol. The molecule has 0 fully saturated rings. The summed E-state index contributed by atoms with van der Waals surface area (Å²) in [5, 5.41) is 19.3. The Kier molecular flexibility index (Phi) is 28.2. The van der Waals surface area contributed by atoms with Gasteiger partial charge in [-0.3, -0.25) is 9.59 Å². The molecule has 2 N–H and O–H groups in total. The van der Waals surface area contributed by atoms with Crippen molar-refractivity contribution in [2.75, 3.05) is 0 Å². The van der Waals surface area contributed by atoms with Crippen molar-refractivity contribution in [1.29, 1.82) is 0 Å². The molecule has 0 aromatic carbocycles. The van der Waals surface area contributed by atoms with Crippen LogP contribution in [0.1, 0.15) is 155 Å². The standard InChI is InChI=1S/C28H54O4.Na.H/c1-3-5-7-9-11-13-15-17-19-21-23-25(27(29)30)26(28(31)32)24-22-20-18-16-14-12-10-8-6-4-2;;/h25-26H,3-24H2,1-2H3,(H,29,30)(H,31,32);;. The molecule has 0 heterocycles. The van der Waals surface area contributed by atoms with Crippen LogP contribution in [-0.4, -0.2) is 51.7 Å². The van der Waals surface area contributed by atoms with Gasteiger partial charge in [-0.05, 0) is 12.8 Å². The Morgan fingerprint density at radius 1 is 0.455 bits per heavy atom. The van der Waals surface area contributed by atoms with Crippen molar-refractivity contribution in [2.24, 2.45) is 11.8 Å². The first kappa shape index (κ1) is 35.1. The first-order valence-corrected chi connectivity index (χ1v) is 14.0. The van der Waals surface area contributed by atoms with E-state index in [4.69, 9.17) is 0 Å². The number of carboxylic acids is 2. The molecule has 0 aliphatic carbocycles. The van der Waals surface area contributed by atoms with Crippen LogP contribution >= 0.6 is 0 Å². The second-order valence-corrected chi connectivity index (χ2v) is 9.83. The second-order valence-electron chi connectivity index (χ2n) is 9.83. The van der Waals surface area contributed by atoms with Crippen LogP contribution in [0.15, 0.2) is 0 Å². The van der Waals surface area contributed by atoms with Crippen LogP contribution in [0, 0.1) is 11.8 Å². The first-order chi connectivity index (χ1) is 15.5. The van der Waals surface area contributed by atoms with Gasteiger partial charge in [0.25, 0.3) is 0 Å². The van der Waals surface area contributed by atoms with Crippen molar-refractivity contribution < 1.29 is 19.8 Å². The Balaban J connectivity index is 0. The summed E-state index contributed by atoms with van der Waals surface area (Å²) in [4.78, 5) is 23.5. The molecule has 2 unspecified atom stereocenters.